The summed E-state index contributed by atoms with van der Waals surface area (Å²) < 4.78 is 12.2. The molecule has 0 bridgehead atoms. The highest BCUT2D eigenvalue weighted by molar-refractivity contribution is 6.17. The predicted molar refractivity (Wildman–Crippen MR) is 72.4 cm³/mol. The van der Waals surface area contributed by atoms with Crippen molar-refractivity contribution in [1.82, 2.24) is 20.2 Å². The predicted octanol–water partition coefficient (Wildman–Crippen LogP) is 2.75. The minimum absolute atomic E-state index is 0.512. The Labute approximate surface area is 120 Å². The number of aryl methyl sites for hydroxylation is 1. The summed E-state index contributed by atoms with van der Waals surface area (Å²) in [5.74, 6) is 1.89. The topological polar surface area (TPSA) is 69.9 Å². The maximum atomic E-state index is 5.65. The van der Waals surface area contributed by atoms with Crippen LogP contribution in [0.2, 0.25) is 0 Å². The van der Waals surface area contributed by atoms with E-state index in [9.17, 15) is 0 Å². The van der Waals surface area contributed by atoms with Crippen LogP contribution in [0, 0.1) is 0 Å². The van der Waals surface area contributed by atoms with Crippen LogP contribution in [0.3, 0.4) is 0 Å². The molecule has 0 amide bonds. The molecule has 3 aromatic rings. The molecule has 0 aliphatic heterocycles. The Morgan fingerprint density at radius 1 is 1.25 bits per heavy atom. The van der Waals surface area contributed by atoms with Crippen molar-refractivity contribution in [3.05, 3.63) is 42.0 Å². The van der Waals surface area contributed by atoms with Gasteiger partial charge in [-0.2, -0.15) is 0 Å². The van der Waals surface area contributed by atoms with Gasteiger partial charge < -0.3 is 8.94 Å². The SMILES string of the molecule is ClCCCc1cn(Cc2cc(-c3ccco3)on2)nn1. The van der Waals surface area contributed by atoms with Crippen molar-refractivity contribution in [3.8, 4) is 11.5 Å². The molecule has 0 spiro atoms. The molecule has 7 heteroatoms. The molecule has 0 fully saturated rings. The highest BCUT2D eigenvalue weighted by Gasteiger charge is 2.10. The normalized spacial score (nSPS) is 11.1. The number of hydrogen-bond acceptors (Lipinski definition) is 5. The first kappa shape index (κ1) is 12.9. The van der Waals surface area contributed by atoms with Gasteiger partial charge in [0.1, 0.15) is 5.69 Å². The molecule has 3 aromatic heterocycles. The lowest BCUT2D eigenvalue weighted by molar-refractivity contribution is 0.407. The monoisotopic (exact) mass is 292 g/mol. The Hall–Kier alpha value is -2.08. The molecule has 0 aliphatic rings. The van der Waals surface area contributed by atoms with Crippen LogP contribution in [0.25, 0.3) is 11.5 Å². The summed E-state index contributed by atoms with van der Waals surface area (Å²) in [5.41, 5.74) is 1.70. The maximum absolute atomic E-state index is 5.65. The van der Waals surface area contributed by atoms with E-state index >= 15 is 0 Å². The van der Waals surface area contributed by atoms with Crippen molar-refractivity contribution < 1.29 is 8.94 Å². The average Bonchev–Trinajstić information content (AvgIpc) is 3.18. The summed E-state index contributed by atoms with van der Waals surface area (Å²) in [6, 6.07) is 5.46. The molecule has 0 aromatic carbocycles. The van der Waals surface area contributed by atoms with Gasteiger partial charge >= 0.3 is 0 Å². The first-order valence-electron chi connectivity index (χ1n) is 6.29. The second kappa shape index (κ2) is 5.92. The minimum atomic E-state index is 0.512. The Kier molecular flexibility index (Phi) is 3.83. The summed E-state index contributed by atoms with van der Waals surface area (Å²) in [6.07, 6.45) is 5.22. The zero-order valence-electron chi connectivity index (χ0n) is 10.7. The highest BCUT2D eigenvalue weighted by Crippen LogP contribution is 2.20. The first-order chi connectivity index (χ1) is 9.85. The van der Waals surface area contributed by atoms with Crippen LogP contribution in [0.15, 0.2) is 39.6 Å². The van der Waals surface area contributed by atoms with Crippen LogP contribution < -0.4 is 0 Å². The minimum Gasteiger partial charge on any atom is -0.461 e. The van der Waals surface area contributed by atoms with E-state index in [-0.39, 0.29) is 0 Å². The molecule has 0 saturated heterocycles. The lowest BCUT2D eigenvalue weighted by Crippen LogP contribution is -2.00. The molecule has 0 unspecified atom stereocenters. The van der Waals surface area contributed by atoms with E-state index in [2.05, 4.69) is 15.5 Å². The summed E-state index contributed by atoms with van der Waals surface area (Å²) in [6.45, 7) is 0.512. The van der Waals surface area contributed by atoms with Gasteiger partial charge in [-0.3, -0.25) is 0 Å². The fraction of sp³-hybridized carbons (Fsp3) is 0.308. The average molecular weight is 293 g/mol. The third kappa shape index (κ3) is 2.91. The van der Waals surface area contributed by atoms with E-state index in [0.29, 0.717) is 23.9 Å². The van der Waals surface area contributed by atoms with Gasteiger partial charge in [0.2, 0.25) is 5.76 Å². The van der Waals surface area contributed by atoms with Gasteiger partial charge in [-0.15, -0.1) is 16.7 Å². The van der Waals surface area contributed by atoms with Gasteiger partial charge in [0, 0.05) is 18.1 Å². The Balaban J connectivity index is 1.67. The van der Waals surface area contributed by atoms with Crippen LogP contribution in [-0.4, -0.2) is 26.0 Å². The molecule has 0 aliphatic carbocycles. The zero-order valence-corrected chi connectivity index (χ0v) is 11.5. The van der Waals surface area contributed by atoms with Crippen LogP contribution >= 0.6 is 11.6 Å². The van der Waals surface area contributed by atoms with E-state index in [1.807, 2.05) is 18.3 Å². The molecule has 6 nitrogen and oxygen atoms in total. The Morgan fingerprint density at radius 3 is 3.00 bits per heavy atom. The standard InChI is InChI=1S/C13H13ClN4O2/c14-5-1-3-10-8-18(17-15-10)9-11-7-13(20-16-11)12-4-2-6-19-12/h2,4,6-8H,1,3,5,9H2. The fourth-order valence-corrected chi connectivity index (χ4v) is 2.00. The molecule has 0 N–H and O–H groups in total. The van der Waals surface area contributed by atoms with Gasteiger partial charge in [-0.25, -0.2) is 4.68 Å². The van der Waals surface area contributed by atoms with Gasteiger partial charge in [0.05, 0.1) is 18.5 Å². The molecule has 0 radical (unpaired) electrons. The zero-order chi connectivity index (χ0) is 13.8. The van der Waals surface area contributed by atoms with Crippen molar-refractivity contribution in [2.75, 3.05) is 5.88 Å². The summed E-state index contributed by atoms with van der Waals surface area (Å²) in [7, 11) is 0. The van der Waals surface area contributed by atoms with Crippen molar-refractivity contribution in [1.29, 1.82) is 0 Å². The van der Waals surface area contributed by atoms with Crippen LogP contribution in [0.4, 0.5) is 0 Å². The van der Waals surface area contributed by atoms with Crippen molar-refractivity contribution in [2.45, 2.75) is 19.4 Å². The largest absolute Gasteiger partial charge is 0.461 e. The van der Waals surface area contributed by atoms with E-state index in [1.165, 1.54) is 0 Å². The summed E-state index contributed by atoms with van der Waals surface area (Å²) >= 11 is 5.65. The number of hydrogen-bond donors (Lipinski definition) is 0. The molecule has 20 heavy (non-hydrogen) atoms. The number of aromatic nitrogens is 4. The Bertz CT molecular complexity index is 660. The number of furan rings is 1. The second-order valence-electron chi connectivity index (χ2n) is 4.36. The maximum Gasteiger partial charge on any atom is 0.202 e. The molecule has 3 rings (SSSR count). The molecular weight excluding hydrogens is 280 g/mol. The summed E-state index contributed by atoms with van der Waals surface area (Å²) in [5, 5.41) is 12.1. The lowest BCUT2D eigenvalue weighted by Gasteiger charge is -1.93. The lowest BCUT2D eigenvalue weighted by atomic mass is 10.3. The first-order valence-corrected chi connectivity index (χ1v) is 6.83. The molecular formula is C13H13ClN4O2. The molecule has 3 heterocycles. The van der Waals surface area contributed by atoms with E-state index < -0.39 is 0 Å². The van der Waals surface area contributed by atoms with Gasteiger partial charge in [-0.1, -0.05) is 10.4 Å². The Morgan fingerprint density at radius 2 is 2.20 bits per heavy atom. The van der Waals surface area contributed by atoms with Crippen LogP contribution in [0.1, 0.15) is 17.8 Å². The number of nitrogens with zero attached hydrogens (tertiary/aromatic N) is 4. The fourth-order valence-electron chi connectivity index (χ4n) is 1.87. The van der Waals surface area contributed by atoms with Gasteiger partial charge in [0.15, 0.2) is 5.76 Å². The number of rotatable bonds is 6. The van der Waals surface area contributed by atoms with Crippen LogP contribution in [-0.2, 0) is 13.0 Å². The molecule has 0 atom stereocenters. The van der Waals surface area contributed by atoms with E-state index in [0.717, 1.165) is 24.2 Å². The van der Waals surface area contributed by atoms with Crippen molar-refractivity contribution in [2.24, 2.45) is 0 Å². The molecule has 104 valence electrons. The third-order valence-electron chi connectivity index (χ3n) is 2.80. The highest BCUT2D eigenvalue weighted by atomic mass is 35.5. The smallest absolute Gasteiger partial charge is 0.202 e. The van der Waals surface area contributed by atoms with E-state index in [1.54, 1.807) is 17.0 Å². The van der Waals surface area contributed by atoms with Crippen molar-refractivity contribution in [3.63, 3.8) is 0 Å². The van der Waals surface area contributed by atoms with Gasteiger partial charge in [-0.05, 0) is 25.0 Å². The third-order valence-corrected chi connectivity index (χ3v) is 3.07. The van der Waals surface area contributed by atoms with Gasteiger partial charge in [0.25, 0.3) is 0 Å². The van der Waals surface area contributed by atoms with Crippen LogP contribution in [0.5, 0.6) is 0 Å². The van der Waals surface area contributed by atoms with Crippen molar-refractivity contribution >= 4 is 11.6 Å². The summed E-state index contributed by atoms with van der Waals surface area (Å²) in [4.78, 5) is 0. The molecule has 0 saturated carbocycles. The second-order valence-corrected chi connectivity index (χ2v) is 4.74. The number of halogens is 1. The quantitative estimate of drug-likeness (QED) is 0.653. The van der Waals surface area contributed by atoms with E-state index in [4.69, 9.17) is 20.5 Å². The number of alkyl halides is 1.